The van der Waals surface area contributed by atoms with Gasteiger partial charge in [0.15, 0.2) is 0 Å². The summed E-state index contributed by atoms with van der Waals surface area (Å²) in [7, 11) is 5.17. The molecule has 0 aliphatic rings. The summed E-state index contributed by atoms with van der Waals surface area (Å²) in [4.78, 5) is 17.5. The van der Waals surface area contributed by atoms with Crippen molar-refractivity contribution in [2.75, 3.05) is 14.2 Å². The van der Waals surface area contributed by atoms with Gasteiger partial charge in [0.05, 0.1) is 20.3 Å². The number of methoxy groups -OCH3 is 2. The van der Waals surface area contributed by atoms with Crippen LogP contribution in [0.2, 0.25) is 0 Å². The van der Waals surface area contributed by atoms with Gasteiger partial charge in [0.25, 0.3) is 0 Å². The first kappa shape index (κ1) is 22.2. The molecule has 0 saturated heterocycles. The van der Waals surface area contributed by atoms with Gasteiger partial charge < -0.3 is 24.7 Å². The van der Waals surface area contributed by atoms with Crippen molar-refractivity contribution in [1.82, 2.24) is 20.2 Å². The van der Waals surface area contributed by atoms with E-state index in [0.717, 1.165) is 28.5 Å². The molecule has 0 fully saturated rings. The van der Waals surface area contributed by atoms with Crippen molar-refractivity contribution >= 4 is 6.03 Å². The van der Waals surface area contributed by atoms with Crippen LogP contribution in [-0.4, -0.2) is 29.8 Å². The van der Waals surface area contributed by atoms with E-state index in [2.05, 4.69) is 29.5 Å². The third kappa shape index (κ3) is 5.36. The number of aryl methyl sites for hydroxylation is 1. The predicted molar refractivity (Wildman–Crippen MR) is 120 cm³/mol. The molecule has 0 bridgehead atoms. The molecule has 3 aromatic rings. The van der Waals surface area contributed by atoms with E-state index in [1.54, 1.807) is 20.4 Å². The maximum absolute atomic E-state index is 13.1. The highest BCUT2D eigenvalue weighted by Crippen LogP contribution is 2.26. The van der Waals surface area contributed by atoms with Gasteiger partial charge in [-0.3, -0.25) is 0 Å². The highest BCUT2D eigenvalue weighted by atomic mass is 16.5. The average Bonchev–Trinajstić information content (AvgIpc) is 3.21. The van der Waals surface area contributed by atoms with Gasteiger partial charge in [0.2, 0.25) is 0 Å². The first-order valence-electron chi connectivity index (χ1n) is 10.2. The van der Waals surface area contributed by atoms with Gasteiger partial charge in [-0.15, -0.1) is 0 Å². The minimum Gasteiger partial charge on any atom is -0.497 e. The van der Waals surface area contributed by atoms with E-state index in [4.69, 9.17) is 9.47 Å². The lowest BCUT2D eigenvalue weighted by Gasteiger charge is -2.26. The number of amides is 2. The van der Waals surface area contributed by atoms with Crippen molar-refractivity contribution in [3.05, 3.63) is 77.9 Å². The van der Waals surface area contributed by atoms with E-state index < -0.39 is 6.04 Å². The topological polar surface area (TPSA) is 77.4 Å². The Labute approximate surface area is 183 Å². The Morgan fingerprint density at radius 2 is 1.45 bits per heavy atom. The van der Waals surface area contributed by atoms with Crippen molar-refractivity contribution in [3.8, 4) is 11.5 Å². The molecule has 0 aliphatic heterocycles. The molecule has 7 heteroatoms. The van der Waals surface area contributed by atoms with Gasteiger partial charge in [0, 0.05) is 19.4 Å². The summed E-state index contributed by atoms with van der Waals surface area (Å²) in [5.41, 5.74) is 1.93. The second-order valence-corrected chi connectivity index (χ2v) is 7.72. The van der Waals surface area contributed by atoms with Gasteiger partial charge >= 0.3 is 6.03 Å². The molecule has 7 nitrogen and oxygen atoms in total. The van der Waals surface area contributed by atoms with Crippen molar-refractivity contribution in [2.24, 2.45) is 13.0 Å². The monoisotopic (exact) mass is 422 g/mol. The number of hydrogen-bond donors (Lipinski definition) is 2. The summed E-state index contributed by atoms with van der Waals surface area (Å²) in [5.74, 6) is 2.48. The lowest BCUT2D eigenvalue weighted by molar-refractivity contribution is 0.230. The Bertz CT molecular complexity index is 981. The van der Waals surface area contributed by atoms with Crippen LogP contribution in [0.5, 0.6) is 11.5 Å². The van der Waals surface area contributed by atoms with Crippen LogP contribution in [0, 0.1) is 5.92 Å². The largest absolute Gasteiger partial charge is 0.497 e. The van der Waals surface area contributed by atoms with Gasteiger partial charge in [-0.2, -0.15) is 0 Å². The van der Waals surface area contributed by atoms with Gasteiger partial charge in [-0.25, -0.2) is 9.78 Å². The van der Waals surface area contributed by atoms with E-state index in [9.17, 15) is 4.79 Å². The van der Waals surface area contributed by atoms with Crippen LogP contribution in [0.4, 0.5) is 4.79 Å². The number of nitrogens with zero attached hydrogens (tertiary/aromatic N) is 2. The van der Waals surface area contributed by atoms with Crippen LogP contribution in [0.3, 0.4) is 0 Å². The lowest BCUT2D eigenvalue weighted by atomic mass is 9.96. The summed E-state index contributed by atoms with van der Waals surface area (Å²) >= 11 is 0. The maximum Gasteiger partial charge on any atom is 0.316 e. The average molecular weight is 423 g/mol. The Kier molecular flexibility index (Phi) is 7.18. The second kappa shape index (κ2) is 10.0. The number of aromatic nitrogens is 2. The zero-order valence-electron chi connectivity index (χ0n) is 18.6. The van der Waals surface area contributed by atoms with E-state index in [0.29, 0.717) is 0 Å². The van der Waals surface area contributed by atoms with Gasteiger partial charge in [0.1, 0.15) is 23.4 Å². The molecule has 1 aromatic heterocycles. The fourth-order valence-corrected chi connectivity index (χ4v) is 3.51. The fourth-order valence-electron chi connectivity index (χ4n) is 3.51. The lowest BCUT2D eigenvalue weighted by Crippen LogP contribution is -2.42. The SMILES string of the molecule is COc1ccc(C(NC(=O)NC(c2ccc(OC)cc2)C(C)C)c2nccn2C)cc1. The van der Waals surface area contributed by atoms with Crippen molar-refractivity contribution in [3.63, 3.8) is 0 Å². The summed E-state index contributed by atoms with van der Waals surface area (Å²) in [6.45, 7) is 4.16. The first-order valence-corrected chi connectivity index (χ1v) is 10.2. The Balaban J connectivity index is 1.82. The maximum atomic E-state index is 13.1. The number of rotatable bonds is 8. The van der Waals surface area contributed by atoms with E-state index in [1.165, 1.54) is 0 Å². The molecule has 2 amide bonds. The van der Waals surface area contributed by atoms with Gasteiger partial charge in [-0.1, -0.05) is 38.1 Å². The number of carbonyl (C=O) groups is 1. The minimum atomic E-state index is -0.408. The van der Waals surface area contributed by atoms with Crippen molar-refractivity contribution in [2.45, 2.75) is 25.9 Å². The van der Waals surface area contributed by atoms with E-state index in [1.807, 2.05) is 66.3 Å². The standard InChI is InChI=1S/C24H30N4O3/c1-16(2)21(17-6-10-19(30-4)11-7-17)26-24(29)27-22(23-25-14-15-28(23)3)18-8-12-20(31-5)13-9-18/h6-16,21-22H,1-5H3,(H2,26,27,29). The third-order valence-corrected chi connectivity index (χ3v) is 5.27. The van der Waals surface area contributed by atoms with Crippen LogP contribution in [0.25, 0.3) is 0 Å². The zero-order chi connectivity index (χ0) is 22.4. The molecule has 0 aliphatic carbocycles. The third-order valence-electron chi connectivity index (χ3n) is 5.27. The highest BCUT2D eigenvalue weighted by Gasteiger charge is 2.24. The first-order chi connectivity index (χ1) is 14.9. The molecule has 0 spiro atoms. The quantitative estimate of drug-likeness (QED) is 0.570. The molecular formula is C24H30N4O3. The molecular weight excluding hydrogens is 392 g/mol. The van der Waals surface area contributed by atoms with Crippen LogP contribution in [-0.2, 0) is 7.05 Å². The predicted octanol–water partition coefficient (Wildman–Crippen LogP) is 4.22. The summed E-state index contributed by atoms with van der Waals surface area (Å²) in [5, 5.41) is 6.21. The molecule has 2 unspecified atom stereocenters. The highest BCUT2D eigenvalue weighted by molar-refractivity contribution is 5.75. The van der Waals surface area contributed by atoms with Crippen LogP contribution < -0.4 is 20.1 Å². The fraction of sp³-hybridized carbons (Fsp3) is 0.333. The summed E-state index contributed by atoms with van der Waals surface area (Å²) in [6, 6.07) is 14.5. The number of urea groups is 1. The molecule has 0 saturated carbocycles. The Morgan fingerprint density at radius 3 is 1.90 bits per heavy atom. The van der Waals surface area contributed by atoms with Gasteiger partial charge in [-0.05, 0) is 41.3 Å². The normalized spacial score (nSPS) is 12.8. The summed E-state index contributed by atoms with van der Waals surface area (Å²) < 4.78 is 12.4. The molecule has 2 N–H and O–H groups in total. The summed E-state index contributed by atoms with van der Waals surface area (Å²) in [6.07, 6.45) is 3.58. The molecule has 3 rings (SSSR count). The number of carbonyl (C=O) groups excluding carboxylic acids is 1. The molecule has 164 valence electrons. The molecule has 0 radical (unpaired) electrons. The second-order valence-electron chi connectivity index (χ2n) is 7.72. The molecule has 2 atom stereocenters. The van der Waals surface area contributed by atoms with Crippen LogP contribution in [0.1, 0.15) is 42.9 Å². The molecule has 2 aromatic carbocycles. The number of nitrogens with one attached hydrogen (secondary N) is 2. The minimum absolute atomic E-state index is 0.149. The Morgan fingerprint density at radius 1 is 0.903 bits per heavy atom. The number of ether oxygens (including phenoxy) is 2. The van der Waals surface area contributed by atoms with Crippen molar-refractivity contribution < 1.29 is 14.3 Å². The number of hydrogen-bond acceptors (Lipinski definition) is 4. The zero-order valence-corrected chi connectivity index (χ0v) is 18.6. The van der Waals surface area contributed by atoms with Crippen molar-refractivity contribution in [1.29, 1.82) is 0 Å². The molecule has 1 heterocycles. The molecule has 31 heavy (non-hydrogen) atoms. The Hall–Kier alpha value is -3.48. The number of benzene rings is 2. The smallest absolute Gasteiger partial charge is 0.316 e. The van der Waals surface area contributed by atoms with Crippen LogP contribution in [0.15, 0.2) is 60.9 Å². The van der Waals surface area contributed by atoms with E-state index >= 15 is 0 Å². The van der Waals surface area contributed by atoms with Crippen LogP contribution >= 0.6 is 0 Å². The number of imidazole rings is 1. The van der Waals surface area contributed by atoms with E-state index in [-0.39, 0.29) is 18.0 Å².